The quantitative estimate of drug-likeness (QED) is 0.746. The molecule has 0 radical (unpaired) electrons. The van der Waals surface area contributed by atoms with E-state index in [1.165, 1.54) is 25.7 Å². The SMILES string of the molecule is O=S1(=O)CCCN(CC2(CBr)CCCC2)CC1. The van der Waals surface area contributed by atoms with E-state index in [-0.39, 0.29) is 0 Å². The maximum absolute atomic E-state index is 11.6. The summed E-state index contributed by atoms with van der Waals surface area (Å²) in [4.78, 5) is 2.37. The standard InChI is InChI=1S/C12H22BrNO2S/c13-10-12(4-1-2-5-12)11-14-6-3-8-17(15,16)9-7-14/h1-11H2. The van der Waals surface area contributed by atoms with Crippen molar-refractivity contribution in [1.82, 2.24) is 4.90 Å². The van der Waals surface area contributed by atoms with E-state index in [2.05, 4.69) is 20.8 Å². The second-order valence-corrected chi connectivity index (χ2v) is 8.49. The molecule has 5 heteroatoms. The largest absolute Gasteiger partial charge is 0.302 e. The molecular weight excluding hydrogens is 302 g/mol. The summed E-state index contributed by atoms with van der Waals surface area (Å²) < 4.78 is 23.1. The minimum absolute atomic E-state index is 0.353. The molecule has 1 saturated heterocycles. The first kappa shape index (κ1) is 13.8. The molecule has 0 unspecified atom stereocenters. The third-order valence-corrected chi connectivity index (χ3v) is 7.06. The van der Waals surface area contributed by atoms with Gasteiger partial charge in [-0.1, -0.05) is 28.8 Å². The first-order valence-corrected chi connectivity index (χ1v) is 9.48. The molecule has 3 nitrogen and oxygen atoms in total. The lowest BCUT2D eigenvalue weighted by molar-refractivity contribution is 0.182. The second kappa shape index (κ2) is 5.57. The maximum Gasteiger partial charge on any atom is 0.151 e. The van der Waals surface area contributed by atoms with Gasteiger partial charge in [-0.05, 0) is 31.2 Å². The summed E-state index contributed by atoms with van der Waals surface area (Å²) in [6, 6.07) is 0. The van der Waals surface area contributed by atoms with Crippen LogP contribution in [0.15, 0.2) is 0 Å². The molecule has 0 spiro atoms. The molecule has 1 aliphatic heterocycles. The fourth-order valence-electron chi connectivity index (χ4n) is 3.08. The average molecular weight is 324 g/mol. The van der Waals surface area contributed by atoms with Gasteiger partial charge in [0, 0.05) is 18.4 Å². The summed E-state index contributed by atoms with van der Waals surface area (Å²) in [7, 11) is -2.77. The van der Waals surface area contributed by atoms with Gasteiger partial charge >= 0.3 is 0 Å². The Bertz CT molecular complexity index is 350. The summed E-state index contributed by atoms with van der Waals surface area (Å²) in [5.41, 5.74) is 0.411. The van der Waals surface area contributed by atoms with Gasteiger partial charge in [-0.3, -0.25) is 0 Å². The minimum atomic E-state index is -2.77. The Morgan fingerprint density at radius 2 is 1.76 bits per heavy atom. The van der Waals surface area contributed by atoms with Crippen LogP contribution < -0.4 is 0 Å². The molecule has 2 rings (SSSR count). The van der Waals surface area contributed by atoms with Crippen LogP contribution in [0.25, 0.3) is 0 Å². The van der Waals surface area contributed by atoms with Crippen molar-refractivity contribution in [3.05, 3.63) is 0 Å². The number of sulfone groups is 1. The highest BCUT2D eigenvalue weighted by atomic mass is 79.9. The third-order valence-electron chi connectivity index (χ3n) is 4.15. The van der Waals surface area contributed by atoms with Gasteiger partial charge in [0.2, 0.25) is 0 Å². The van der Waals surface area contributed by atoms with Crippen molar-refractivity contribution in [2.75, 3.05) is 36.5 Å². The van der Waals surface area contributed by atoms with Crippen LogP contribution in [0.2, 0.25) is 0 Å². The lowest BCUT2D eigenvalue weighted by Gasteiger charge is -2.33. The van der Waals surface area contributed by atoms with Gasteiger partial charge in [0.1, 0.15) is 0 Å². The van der Waals surface area contributed by atoms with Crippen molar-refractivity contribution in [2.45, 2.75) is 32.1 Å². The van der Waals surface area contributed by atoms with Crippen molar-refractivity contribution >= 4 is 25.8 Å². The molecule has 0 amide bonds. The van der Waals surface area contributed by atoms with E-state index in [0.717, 1.165) is 31.4 Å². The Balaban J connectivity index is 1.94. The van der Waals surface area contributed by atoms with Crippen molar-refractivity contribution in [1.29, 1.82) is 0 Å². The summed E-state index contributed by atoms with van der Waals surface area (Å²) in [5.74, 6) is 0.732. The Labute approximate surface area is 113 Å². The zero-order valence-corrected chi connectivity index (χ0v) is 12.7. The van der Waals surface area contributed by atoms with E-state index < -0.39 is 9.84 Å². The van der Waals surface area contributed by atoms with Gasteiger partial charge in [0.25, 0.3) is 0 Å². The van der Waals surface area contributed by atoms with E-state index in [1.807, 2.05) is 0 Å². The van der Waals surface area contributed by atoms with Crippen LogP contribution in [0.5, 0.6) is 0 Å². The van der Waals surface area contributed by atoms with Crippen LogP contribution in [0.3, 0.4) is 0 Å². The van der Waals surface area contributed by atoms with Crippen molar-refractivity contribution in [2.24, 2.45) is 5.41 Å². The lowest BCUT2D eigenvalue weighted by atomic mass is 9.88. The fourth-order valence-corrected chi connectivity index (χ4v) is 5.13. The van der Waals surface area contributed by atoms with Gasteiger partial charge in [0.15, 0.2) is 9.84 Å². The molecule has 2 fully saturated rings. The van der Waals surface area contributed by atoms with E-state index in [9.17, 15) is 8.42 Å². The van der Waals surface area contributed by atoms with Crippen LogP contribution in [0, 0.1) is 5.41 Å². The average Bonchev–Trinajstić information content (AvgIpc) is 2.68. The van der Waals surface area contributed by atoms with Crippen LogP contribution in [0.4, 0.5) is 0 Å². The van der Waals surface area contributed by atoms with Crippen molar-refractivity contribution < 1.29 is 8.42 Å². The van der Waals surface area contributed by atoms with Crippen LogP contribution >= 0.6 is 15.9 Å². The van der Waals surface area contributed by atoms with Crippen LogP contribution in [0.1, 0.15) is 32.1 Å². The first-order valence-electron chi connectivity index (χ1n) is 6.54. The highest BCUT2D eigenvalue weighted by molar-refractivity contribution is 9.09. The fraction of sp³-hybridized carbons (Fsp3) is 1.00. The van der Waals surface area contributed by atoms with E-state index in [1.54, 1.807) is 0 Å². The molecule has 17 heavy (non-hydrogen) atoms. The first-order chi connectivity index (χ1) is 8.05. The number of hydrogen-bond donors (Lipinski definition) is 0. The summed E-state index contributed by atoms with van der Waals surface area (Å²) >= 11 is 3.66. The lowest BCUT2D eigenvalue weighted by Crippen LogP contribution is -2.38. The Morgan fingerprint density at radius 3 is 2.41 bits per heavy atom. The second-order valence-electron chi connectivity index (χ2n) is 5.62. The summed E-state index contributed by atoms with van der Waals surface area (Å²) in [6.07, 6.45) is 6.05. The summed E-state index contributed by atoms with van der Waals surface area (Å²) in [6.45, 7) is 2.76. The number of nitrogens with zero attached hydrogens (tertiary/aromatic N) is 1. The van der Waals surface area contributed by atoms with E-state index in [0.29, 0.717) is 16.9 Å². The Kier molecular flexibility index (Phi) is 4.53. The van der Waals surface area contributed by atoms with Crippen molar-refractivity contribution in [3.8, 4) is 0 Å². The van der Waals surface area contributed by atoms with E-state index >= 15 is 0 Å². The van der Waals surface area contributed by atoms with E-state index in [4.69, 9.17) is 0 Å². The minimum Gasteiger partial charge on any atom is -0.302 e. The highest BCUT2D eigenvalue weighted by Crippen LogP contribution is 2.40. The zero-order chi connectivity index (χ0) is 12.4. The number of hydrogen-bond acceptors (Lipinski definition) is 3. The number of halogens is 1. The van der Waals surface area contributed by atoms with Gasteiger partial charge in [0.05, 0.1) is 11.5 Å². The molecule has 0 aromatic heterocycles. The van der Waals surface area contributed by atoms with Crippen LogP contribution in [-0.2, 0) is 9.84 Å². The van der Waals surface area contributed by atoms with Gasteiger partial charge in [-0.2, -0.15) is 0 Å². The molecule has 1 aliphatic carbocycles. The molecule has 100 valence electrons. The van der Waals surface area contributed by atoms with Gasteiger partial charge in [-0.15, -0.1) is 0 Å². The van der Waals surface area contributed by atoms with Gasteiger partial charge < -0.3 is 4.90 Å². The molecule has 1 heterocycles. The molecule has 0 atom stereocenters. The predicted molar refractivity (Wildman–Crippen MR) is 74.4 cm³/mol. The normalized spacial score (nSPS) is 29.0. The molecule has 2 aliphatic rings. The molecule has 0 aromatic carbocycles. The van der Waals surface area contributed by atoms with Gasteiger partial charge in [-0.25, -0.2) is 8.42 Å². The Morgan fingerprint density at radius 1 is 1.06 bits per heavy atom. The highest BCUT2D eigenvalue weighted by Gasteiger charge is 2.35. The molecule has 0 bridgehead atoms. The third kappa shape index (κ3) is 3.67. The topological polar surface area (TPSA) is 37.4 Å². The summed E-state index contributed by atoms with van der Waals surface area (Å²) in [5, 5.41) is 1.06. The zero-order valence-electron chi connectivity index (χ0n) is 10.3. The molecular formula is C12H22BrNO2S. The maximum atomic E-state index is 11.6. The van der Waals surface area contributed by atoms with Crippen molar-refractivity contribution in [3.63, 3.8) is 0 Å². The number of rotatable bonds is 3. The Hall–Kier alpha value is 0.390. The van der Waals surface area contributed by atoms with Crippen LogP contribution in [-0.4, -0.2) is 49.8 Å². The molecule has 0 aromatic rings. The smallest absolute Gasteiger partial charge is 0.151 e. The monoisotopic (exact) mass is 323 g/mol. The predicted octanol–water partition coefficient (Wildman–Crippen LogP) is 2.06. The molecule has 1 saturated carbocycles. The molecule has 0 N–H and O–H groups in total. The number of alkyl halides is 1.